The number of carbonyl (C=O) groups is 1. The quantitative estimate of drug-likeness (QED) is 0.831. The molecular formula is C13H15N3O. The molecule has 1 amide bonds. The van der Waals surface area contributed by atoms with Crippen LogP contribution in [-0.2, 0) is 0 Å². The second kappa shape index (κ2) is 4.41. The van der Waals surface area contributed by atoms with Crippen molar-refractivity contribution in [3.8, 4) is 0 Å². The Morgan fingerprint density at radius 3 is 2.71 bits per heavy atom. The van der Waals surface area contributed by atoms with Crippen molar-refractivity contribution in [3.05, 3.63) is 46.6 Å². The number of aryl methyl sites for hydroxylation is 2. The van der Waals surface area contributed by atoms with Gasteiger partial charge in [-0.2, -0.15) is 5.10 Å². The lowest BCUT2D eigenvalue weighted by Gasteiger charge is -2.07. The van der Waals surface area contributed by atoms with Gasteiger partial charge in [-0.25, -0.2) is 0 Å². The summed E-state index contributed by atoms with van der Waals surface area (Å²) in [5.74, 6) is 0.422. The third kappa shape index (κ3) is 2.36. The minimum Gasteiger partial charge on any atom is -0.305 e. The summed E-state index contributed by atoms with van der Waals surface area (Å²) in [5, 5.41) is 9.53. The van der Waals surface area contributed by atoms with Gasteiger partial charge < -0.3 is 5.32 Å². The molecule has 0 aliphatic rings. The highest BCUT2D eigenvalue weighted by Gasteiger charge is 2.11. The van der Waals surface area contributed by atoms with Gasteiger partial charge in [0.1, 0.15) is 0 Å². The molecule has 88 valence electrons. The standard InChI is InChI=1S/C13H15N3O/c1-8-5-4-6-11(10(8)3)13(17)14-12-7-9(2)15-16-12/h4-7H,1-3H3,(H2,14,15,16,17). The molecule has 4 nitrogen and oxygen atoms in total. The summed E-state index contributed by atoms with van der Waals surface area (Å²) in [6.07, 6.45) is 0. The molecule has 17 heavy (non-hydrogen) atoms. The second-order valence-corrected chi connectivity index (χ2v) is 4.14. The predicted molar refractivity (Wildman–Crippen MR) is 67.2 cm³/mol. The molecule has 0 atom stereocenters. The van der Waals surface area contributed by atoms with Crippen LogP contribution in [-0.4, -0.2) is 16.1 Å². The van der Waals surface area contributed by atoms with Gasteiger partial charge in [-0.3, -0.25) is 9.89 Å². The zero-order valence-electron chi connectivity index (χ0n) is 10.2. The van der Waals surface area contributed by atoms with Crippen LogP contribution in [0.3, 0.4) is 0 Å². The van der Waals surface area contributed by atoms with Crippen molar-refractivity contribution in [2.75, 3.05) is 5.32 Å². The molecule has 2 rings (SSSR count). The molecule has 0 saturated carbocycles. The van der Waals surface area contributed by atoms with Crippen LogP contribution in [0.5, 0.6) is 0 Å². The molecule has 0 saturated heterocycles. The molecule has 0 aliphatic carbocycles. The number of hydrogen-bond acceptors (Lipinski definition) is 2. The van der Waals surface area contributed by atoms with E-state index in [4.69, 9.17) is 0 Å². The maximum atomic E-state index is 12.0. The van der Waals surface area contributed by atoms with Gasteiger partial charge in [-0.1, -0.05) is 12.1 Å². The van der Waals surface area contributed by atoms with E-state index in [1.54, 1.807) is 6.07 Å². The van der Waals surface area contributed by atoms with E-state index in [0.717, 1.165) is 16.8 Å². The number of carbonyl (C=O) groups excluding carboxylic acids is 1. The molecule has 0 fully saturated rings. The first kappa shape index (κ1) is 11.4. The molecule has 4 heteroatoms. The number of nitrogens with zero attached hydrogens (tertiary/aromatic N) is 1. The molecule has 0 spiro atoms. The first-order chi connectivity index (χ1) is 8.08. The number of H-pyrrole nitrogens is 1. The van der Waals surface area contributed by atoms with Crippen LogP contribution >= 0.6 is 0 Å². The zero-order chi connectivity index (χ0) is 12.4. The molecule has 0 radical (unpaired) electrons. The normalized spacial score (nSPS) is 10.3. The maximum Gasteiger partial charge on any atom is 0.257 e. The zero-order valence-corrected chi connectivity index (χ0v) is 10.2. The lowest BCUT2D eigenvalue weighted by Crippen LogP contribution is -2.14. The Kier molecular flexibility index (Phi) is 2.95. The third-order valence-corrected chi connectivity index (χ3v) is 2.80. The Hall–Kier alpha value is -2.10. The van der Waals surface area contributed by atoms with Crippen LogP contribution in [0.4, 0.5) is 5.82 Å². The first-order valence-electron chi connectivity index (χ1n) is 5.47. The molecule has 2 aromatic rings. The van der Waals surface area contributed by atoms with Crippen molar-refractivity contribution in [3.63, 3.8) is 0 Å². The van der Waals surface area contributed by atoms with Gasteiger partial charge in [-0.15, -0.1) is 0 Å². The summed E-state index contributed by atoms with van der Waals surface area (Å²) < 4.78 is 0. The smallest absolute Gasteiger partial charge is 0.257 e. The number of amides is 1. The van der Waals surface area contributed by atoms with E-state index < -0.39 is 0 Å². The Bertz CT molecular complexity index is 558. The fraction of sp³-hybridized carbons (Fsp3) is 0.231. The Labute approximate surface area is 100 Å². The van der Waals surface area contributed by atoms with Crippen LogP contribution in [0.25, 0.3) is 0 Å². The number of nitrogens with one attached hydrogen (secondary N) is 2. The molecule has 0 aliphatic heterocycles. The first-order valence-corrected chi connectivity index (χ1v) is 5.47. The molecule has 0 unspecified atom stereocenters. The Morgan fingerprint density at radius 2 is 2.06 bits per heavy atom. The number of aromatic nitrogens is 2. The van der Waals surface area contributed by atoms with Gasteiger partial charge in [0.05, 0.1) is 0 Å². The largest absolute Gasteiger partial charge is 0.305 e. The molecule has 1 aromatic carbocycles. The highest BCUT2D eigenvalue weighted by atomic mass is 16.1. The van der Waals surface area contributed by atoms with Crippen LogP contribution in [0.1, 0.15) is 27.2 Å². The van der Waals surface area contributed by atoms with Crippen LogP contribution in [0.2, 0.25) is 0 Å². The van der Waals surface area contributed by atoms with E-state index in [2.05, 4.69) is 15.5 Å². The monoisotopic (exact) mass is 229 g/mol. The van der Waals surface area contributed by atoms with Crippen LogP contribution in [0.15, 0.2) is 24.3 Å². The van der Waals surface area contributed by atoms with Crippen LogP contribution in [0, 0.1) is 20.8 Å². The van der Waals surface area contributed by atoms with E-state index in [-0.39, 0.29) is 5.91 Å². The minimum atomic E-state index is -0.127. The average Bonchev–Trinajstić information content (AvgIpc) is 2.68. The topological polar surface area (TPSA) is 57.8 Å². The highest BCUT2D eigenvalue weighted by molar-refractivity contribution is 6.04. The average molecular weight is 229 g/mol. The predicted octanol–water partition coefficient (Wildman–Crippen LogP) is 2.59. The fourth-order valence-corrected chi connectivity index (χ4v) is 1.66. The van der Waals surface area contributed by atoms with Gasteiger partial charge in [0.2, 0.25) is 0 Å². The second-order valence-electron chi connectivity index (χ2n) is 4.14. The molecule has 1 aromatic heterocycles. The van der Waals surface area contributed by atoms with Crippen molar-refractivity contribution in [1.29, 1.82) is 0 Å². The van der Waals surface area contributed by atoms with Gasteiger partial charge in [0, 0.05) is 17.3 Å². The van der Waals surface area contributed by atoms with E-state index in [1.165, 1.54) is 0 Å². The third-order valence-electron chi connectivity index (χ3n) is 2.80. The van der Waals surface area contributed by atoms with Crippen molar-refractivity contribution in [1.82, 2.24) is 10.2 Å². The summed E-state index contributed by atoms with van der Waals surface area (Å²) in [4.78, 5) is 12.0. The van der Waals surface area contributed by atoms with E-state index in [9.17, 15) is 4.79 Å². The fourth-order valence-electron chi connectivity index (χ4n) is 1.66. The van der Waals surface area contributed by atoms with Crippen LogP contribution < -0.4 is 5.32 Å². The maximum absolute atomic E-state index is 12.0. The van der Waals surface area contributed by atoms with E-state index in [1.807, 2.05) is 39.0 Å². The van der Waals surface area contributed by atoms with E-state index in [0.29, 0.717) is 11.4 Å². The van der Waals surface area contributed by atoms with Gasteiger partial charge in [0.15, 0.2) is 5.82 Å². The Balaban J connectivity index is 2.23. The number of aromatic amines is 1. The van der Waals surface area contributed by atoms with E-state index >= 15 is 0 Å². The number of rotatable bonds is 2. The number of anilines is 1. The SMILES string of the molecule is Cc1cc(NC(=O)c2cccc(C)c2C)n[nH]1. The minimum absolute atomic E-state index is 0.127. The molecule has 2 N–H and O–H groups in total. The van der Waals surface area contributed by atoms with Crippen molar-refractivity contribution >= 4 is 11.7 Å². The summed E-state index contributed by atoms with van der Waals surface area (Å²) in [6, 6.07) is 7.48. The summed E-state index contributed by atoms with van der Waals surface area (Å²) in [5.41, 5.74) is 3.71. The number of hydrogen-bond donors (Lipinski definition) is 2. The molecular weight excluding hydrogens is 214 g/mol. The summed E-state index contributed by atoms with van der Waals surface area (Å²) >= 11 is 0. The van der Waals surface area contributed by atoms with Gasteiger partial charge in [-0.05, 0) is 38.0 Å². The lowest BCUT2D eigenvalue weighted by molar-refractivity contribution is 0.102. The van der Waals surface area contributed by atoms with Gasteiger partial charge in [0.25, 0.3) is 5.91 Å². The molecule has 0 bridgehead atoms. The number of benzene rings is 1. The lowest BCUT2D eigenvalue weighted by atomic mass is 10.0. The van der Waals surface area contributed by atoms with Gasteiger partial charge >= 0.3 is 0 Å². The van der Waals surface area contributed by atoms with Crippen molar-refractivity contribution < 1.29 is 4.79 Å². The van der Waals surface area contributed by atoms with Crippen molar-refractivity contribution in [2.24, 2.45) is 0 Å². The Morgan fingerprint density at radius 1 is 1.29 bits per heavy atom. The highest BCUT2D eigenvalue weighted by Crippen LogP contribution is 2.14. The summed E-state index contributed by atoms with van der Waals surface area (Å²) in [7, 11) is 0. The molecule has 1 heterocycles. The summed E-state index contributed by atoms with van der Waals surface area (Å²) in [6.45, 7) is 5.82. The van der Waals surface area contributed by atoms with Crippen molar-refractivity contribution in [2.45, 2.75) is 20.8 Å².